The molecule has 200 valence electrons. The second-order valence-electron chi connectivity index (χ2n) is 8.75. The number of amides is 2. The molecule has 0 radical (unpaired) electrons. The molecule has 3 aromatic carbocycles. The lowest BCUT2D eigenvalue weighted by Gasteiger charge is -2.21. The molecule has 0 aliphatic carbocycles. The molecule has 3 aromatic rings. The van der Waals surface area contributed by atoms with Gasteiger partial charge in [0.1, 0.15) is 6.61 Å². The van der Waals surface area contributed by atoms with Crippen LogP contribution in [0.4, 0.5) is 10.5 Å². The number of rotatable bonds is 13. The van der Waals surface area contributed by atoms with Crippen LogP contribution >= 0.6 is 0 Å². The van der Waals surface area contributed by atoms with Gasteiger partial charge >= 0.3 is 12.1 Å². The van der Waals surface area contributed by atoms with Crippen molar-refractivity contribution >= 4 is 34.4 Å². The van der Waals surface area contributed by atoms with Crippen LogP contribution in [-0.4, -0.2) is 57.9 Å². The summed E-state index contributed by atoms with van der Waals surface area (Å²) in [5.41, 5.74) is 2.71. The fourth-order valence-corrected chi connectivity index (χ4v) is 3.91. The van der Waals surface area contributed by atoms with Gasteiger partial charge in [-0.25, -0.2) is 14.7 Å². The summed E-state index contributed by atoms with van der Waals surface area (Å²) in [4.78, 5) is 36.6. The third-order valence-corrected chi connectivity index (χ3v) is 5.99. The number of carboxylic acid groups (broad SMARTS) is 1. The Morgan fingerprint density at radius 3 is 2.32 bits per heavy atom. The molecule has 0 spiro atoms. The van der Waals surface area contributed by atoms with Gasteiger partial charge in [-0.3, -0.25) is 20.2 Å². The van der Waals surface area contributed by atoms with Crippen molar-refractivity contribution in [2.75, 3.05) is 25.0 Å². The highest BCUT2D eigenvalue weighted by atomic mass is 16.5. The molecule has 0 fully saturated rings. The van der Waals surface area contributed by atoms with Crippen LogP contribution in [-0.2, 0) is 27.5 Å². The lowest BCUT2D eigenvalue weighted by molar-refractivity contribution is -0.159. The largest absolute Gasteiger partial charge is 0.478 e. The first kappa shape index (κ1) is 28.4. The molecular weight excluding hydrogens is 486 g/mol. The summed E-state index contributed by atoms with van der Waals surface area (Å²) in [5, 5.41) is 23.6. The normalized spacial score (nSPS) is 11.1. The third kappa shape index (κ3) is 9.02. The van der Waals surface area contributed by atoms with E-state index < -0.39 is 18.0 Å². The molecule has 3 rings (SSSR count). The lowest BCUT2D eigenvalue weighted by Crippen LogP contribution is -2.28. The Kier molecular flexibility index (Phi) is 10.8. The van der Waals surface area contributed by atoms with E-state index in [9.17, 15) is 19.6 Å². The molecule has 0 aliphatic heterocycles. The van der Waals surface area contributed by atoms with Gasteiger partial charge in [-0.1, -0.05) is 67.6 Å². The standard InChI is InChI=1S/C29H33N3O6/c1-2-31(18-5-6-19-32(37)27(33)16-17-28(34)35)20-22-12-14-23(15-13-22)21-38-29(36)30-26-11-7-9-24-8-3-4-10-25(24)26/h3-4,7-17,37H,2,5-6,18-21H2,1H3,(H,30,36)(H,34,35). The maximum Gasteiger partial charge on any atom is 0.411 e. The number of fused-ring (bicyclic) bond motifs is 1. The summed E-state index contributed by atoms with van der Waals surface area (Å²) in [6, 6.07) is 21.4. The quantitative estimate of drug-likeness (QED) is 0.125. The van der Waals surface area contributed by atoms with Crippen LogP contribution in [0, 0.1) is 0 Å². The minimum Gasteiger partial charge on any atom is -0.478 e. The van der Waals surface area contributed by atoms with Gasteiger partial charge < -0.3 is 9.84 Å². The van der Waals surface area contributed by atoms with Crippen molar-refractivity contribution < 1.29 is 29.4 Å². The molecule has 38 heavy (non-hydrogen) atoms. The van der Waals surface area contributed by atoms with Crippen molar-refractivity contribution in [3.05, 3.63) is 90.0 Å². The van der Waals surface area contributed by atoms with Crippen LogP contribution < -0.4 is 5.32 Å². The second kappa shape index (κ2) is 14.5. The number of hydroxylamine groups is 2. The van der Waals surface area contributed by atoms with Gasteiger partial charge in [0.05, 0.1) is 5.69 Å². The molecule has 3 N–H and O–H groups in total. The maximum atomic E-state index is 12.3. The predicted molar refractivity (Wildman–Crippen MR) is 145 cm³/mol. The van der Waals surface area contributed by atoms with E-state index in [1.165, 1.54) is 0 Å². The van der Waals surface area contributed by atoms with Crippen LogP contribution in [0.3, 0.4) is 0 Å². The van der Waals surface area contributed by atoms with E-state index in [2.05, 4.69) is 17.1 Å². The number of anilines is 1. The van der Waals surface area contributed by atoms with Gasteiger partial charge in [0, 0.05) is 30.6 Å². The third-order valence-electron chi connectivity index (χ3n) is 5.99. The van der Waals surface area contributed by atoms with Gasteiger partial charge in [0.25, 0.3) is 5.91 Å². The molecule has 0 heterocycles. The predicted octanol–water partition coefficient (Wildman–Crippen LogP) is 5.05. The first-order chi connectivity index (χ1) is 18.4. The molecule has 0 atom stereocenters. The van der Waals surface area contributed by atoms with Gasteiger partial charge in [0.15, 0.2) is 0 Å². The van der Waals surface area contributed by atoms with E-state index in [4.69, 9.17) is 9.84 Å². The zero-order valence-corrected chi connectivity index (χ0v) is 21.4. The van der Waals surface area contributed by atoms with Crippen molar-refractivity contribution in [2.24, 2.45) is 0 Å². The van der Waals surface area contributed by atoms with Crippen LogP contribution in [0.2, 0.25) is 0 Å². The fourth-order valence-electron chi connectivity index (χ4n) is 3.91. The Labute approximate surface area is 221 Å². The Morgan fingerprint density at radius 1 is 0.895 bits per heavy atom. The number of benzene rings is 3. The Morgan fingerprint density at radius 2 is 1.58 bits per heavy atom. The number of carbonyl (C=O) groups is 3. The van der Waals surface area contributed by atoms with E-state index in [0.29, 0.717) is 23.2 Å². The van der Waals surface area contributed by atoms with Crippen molar-refractivity contribution in [1.29, 1.82) is 0 Å². The number of ether oxygens (including phenoxy) is 1. The Balaban J connectivity index is 1.40. The smallest absolute Gasteiger partial charge is 0.411 e. The number of hydrogen-bond acceptors (Lipinski definition) is 6. The zero-order chi connectivity index (χ0) is 27.3. The highest BCUT2D eigenvalue weighted by molar-refractivity contribution is 6.00. The monoisotopic (exact) mass is 519 g/mol. The highest BCUT2D eigenvalue weighted by Gasteiger charge is 2.10. The summed E-state index contributed by atoms with van der Waals surface area (Å²) in [6.45, 7) is 4.71. The summed E-state index contributed by atoms with van der Waals surface area (Å²) in [6.07, 6.45) is 2.36. The number of hydrogen-bond donors (Lipinski definition) is 3. The first-order valence-electron chi connectivity index (χ1n) is 12.5. The minimum absolute atomic E-state index is 0.128. The summed E-state index contributed by atoms with van der Waals surface area (Å²) >= 11 is 0. The molecule has 0 saturated carbocycles. The minimum atomic E-state index is -1.24. The number of carbonyl (C=O) groups excluding carboxylic acids is 2. The SMILES string of the molecule is CCN(CCCCN(O)C(=O)C=CC(=O)O)Cc1ccc(COC(=O)Nc2cccc3ccccc23)cc1. The molecule has 9 heteroatoms. The average Bonchev–Trinajstić information content (AvgIpc) is 2.93. The molecular formula is C29H33N3O6. The van der Waals surface area contributed by atoms with Crippen LogP contribution in [0.1, 0.15) is 30.9 Å². The summed E-state index contributed by atoms with van der Waals surface area (Å²) < 4.78 is 5.41. The molecule has 0 bridgehead atoms. The van der Waals surface area contributed by atoms with Crippen molar-refractivity contribution in [3.8, 4) is 0 Å². The van der Waals surface area contributed by atoms with E-state index in [0.717, 1.165) is 54.0 Å². The second-order valence-corrected chi connectivity index (χ2v) is 8.75. The molecule has 0 unspecified atom stereocenters. The molecule has 0 aliphatic rings. The Bertz CT molecular complexity index is 1250. The summed E-state index contributed by atoms with van der Waals surface area (Å²) in [7, 11) is 0. The molecule has 0 aromatic heterocycles. The number of nitrogens with one attached hydrogen (secondary N) is 1. The number of carboxylic acids is 1. The van der Waals surface area contributed by atoms with Crippen molar-refractivity contribution in [3.63, 3.8) is 0 Å². The van der Waals surface area contributed by atoms with Crippen LogP contribution in [0.15, 0.2) is 78.9 Å². The average molecular weight is 520 g/mol. The summed E-state index contributed by atoms with van der Waals surface area (Å²) in [5.74, 6) is -2.00. The molecule has 0 saturated heterocycles. The highest BCUT2D eigenvalue weighted by Crippen LogP contribution is 2.23. The van der Waals surface area contributed by atoms with E-state index in [1.54, 1.807) is 0 Å². The van der Waals surface area contributed by atoms with E-state index in [-0.39, 0.29) is 13.2 Å². The van der Waals surface area contributed by atoms with Crippen LogP contribution in [0.25, 0.3) is 10.8 Å². The first-order valence-corrected chi connectivity index (χ1v) is 12.5. The van der Waals surface area contributed by atoms with Gasteiger partial charge in [-0.15, -0.1) is 0 Å². The van der Waals surface area contributed by atoms with Crippen molar-refractivity contribution in [2.45, 2.75) is 32.9 Å². The van der Waals surface area contributed by atoms with Crippen molar-refractivity contribution in [1.82, 2.24) is 9.96 Å². The molecule has 2 amide bonds. The number of nitrogens with zero attached hydrogens (tertiary/aromatic N) is 2. The lowest BCUT2D eigenvalue weighted by atomic mass is 10.1. The van der Waals surface area contributed by atoms with Gasteiger partial charge in [0.2, 0.25) is 0 Å². The topological polar surface area (TPSA) is 119 Å². The molecule has 9 nitrogen and oxygen atoms in total. The fraction of sp³-hybridized carbons (Fsp3) is 0.276. The maximum absolute atomic E-state index is 12.3. The van der Waals surface area contributed by atoms with Gasteiger partial charge in [-0.2, -0.15) is 0 Å². The van der Waals surface area contributed by atoms with E-state index >= 15 is 0 Å². The number of unbranched alkanes of at least 4 members (excludes halogenated alkanes) is 1. The van der Waals surface area contributed by atoms with E-state index in [1.807, 2.05) is 66.7 Å². The Hall–Kier alpha value is -4.21. The van der Waals surface area contributed by atoms with Crippen LogP contribution in [0.5, 0.6) is 0 Å². The number of aliphatic carboxylic acids is 1. The van der Waals surface area contributed by atoms with Gasteiger partial charge in [-0.05, 0) is 48.5 Å². The zero-order valence-electron chi connectivity index (χ0n) is 21.4.